The lowest BCUT2D eigenvalue weighted by molar-refractivity contribution is 0.494. The minimum absolute atomic E-state index is 0.433. The molecule has 1 aliphatic heterocycles. The highest BCUT2D eigenvalue weighted by Gasteiger charge is 2.29. The first-order chi connectivity index (χ1) is 10.9. The van der Waals surface area contributed by atoms with E-state index in [1.54, 1.807) is 0 Å². The molecule has 5 rings (SSSR count). The first-order valence-corrected chi connectivity index (χ1v) is 7.97. The fraction of sp³-hybridized carbons (Fsp3) is 0.438. The molecule has 22 heavy (non-hydrogen) atoms. The van der Waals surface area contributed by atoms with Gasteiger partial charge in [0.25, 0.3) is 0 Å². The van der Waals surface area contributed by atoms with Crippen LogP contribution in [0.3, 0.4) is 0 Å². The molecule has 1 unspecified atom stereocenters. The Labute approximate surface area is 128 Å². The van der Waals surface area contributed by atoms with Crippen molar-refractivity contribution in [2.24, 2.45) is 0 Å². The smallest absolute Gasteiger partial charge is 0.154 e. The van der Waals surface area contributed by atoms with Gasteiger partial charge in [0.15, 0.2) is 5.82 Å². The summed E-state index contributed by atoms with van der Waals surface area (Å²) in [5.41, 5.74) is 2.35. The highest BCUT2D eigenvalue weighted by molar-refractivity contribution is 5.69. The summed E-state index contributed by atoms with van der Waals surface area (Å²) in [6.07, 6.45) is 11.4. The summed E-state index contributed by atoms with van der Waals surface area (Å²) in [5, 5.41) is 9.08. The number of aromatic nitrogens is 5. The second kappa shape index (κ2) is 4.56. The van der Waals surface area contributed by atoms with Crippen LogP contribution in [0.5, 0.6) is 0 Å². The van der Waals surface area contributed by atoms with E-state index in [4.69, 9.17) is 5.10 Å². The van der Waals surface area contributed by atoms with Gasteiger partial charge in [-0.05, 0) is 31.4 Å². The molecule has 1 aliphatic carbocycles. The fourth-order valence-corrected chi connectivity index (χ4v) is 3.40. The van der Waals surface area contributed by atoms with E-state index < -0.39 is 0 Å². The van der Waals surface area contributed by atoms with Crippen LogP contribution in [0.2, 0.25) is 0 Å². The van der Waals surface area contributed by atoms with Crippen LogP contribution in [0, 0.1) is 0 Å². The Morgan fingerprint density at radius 1 is 1.09 bits per heavy atom. The van der Waals surface area contributed by atoms with Crippen LogP contribution in [-0.4, -0.2) is 37.5 Å². The van der Waals surface area contributed by atoms with Gasteiger partial charge < -0.3 is 4.90 Å². The molecule has 2 aliphatic rings. The predicted octanol–water partition coefficient (Wildman–Crippen LogP) is 2.25. The third-order valence-corrected chi connectivity index (χ3v) is 4.75. The zero-order valence-electron chi connectivity index (χ0n) is 12.3. The van der Waals surface area contributed by atoms with Crippen molar-refractivity contribution in [3.05, 3.63) is 42.6 Å². The van der Waals surface area contributed by atoms with Crippen molar-refractivity contribution >= 4 is 11.3 Å². The molecular weight excluding hydrogens is 276 g/mol. The van der Waals surface area contributed by atoms with Gasteiger partial charge in [-0.3, -0.25) is 4.68 Å². The second-order valence-electron chi connectivity index (χ2n) is 6.30. The second-order valence-corrected chi connectivity index (χ2v) is 6.30. The molecule has 0 N–H and O–H groups in total. The molecule has 0 amide bonds. The van der Waals surface area contributed by atoms with Crippen LogP contribution in [0.4, 0.5) is 5.82 Å². The first kappa shape index (κ1) is 12.2. The largest absolute Gasteiger partial charge is 0.353 e. The lowest BCUT2D eigenvalue weighted by atomic mass is 10.3. The Hall–Kier alpha value is -2.37. The van der Waals surface area contributed by atoms with Crippen molar-refractivity contribution in [3.63, 3.8) is 0 Å². The van der Waals surface area contributed by atoms with E-state index in [0.29, 0.717) is 12.0 Å². The number of hydrogen-bond acceptors (Lipinski definition) is 4. The molecule has 6 heteroatoms. The van der Waals surface area contributed by atoms with Gasteiger partial charge in [0.05, 0.1) is 11.7 Å². The van der Waals surface area contributed by atoms with E-state index in [-0.39, 0.29) is 0 Å². The summed E-state index contributed by atoms with van der Waals surface area (Å²) < 4.78 is 4.05. The fourth-order valence-electron chi connectivity index (χ4n) is 3.40. The van der Waals surface area contributed by atoms with E-state index in [1.807, 2.05) is 35.4 Å². The Morgan fingerprint density at radius 3 is 2.86 bits per heavy atom. The van der Waals surface area contributed by atoms with Crippen molar-refractivity contribution in [1.82, 2.24) is 24.4 Å². The number of hydrogen-bond donors (Lipinski definition) is 0. The molecule has 0 spiro atoms. The monoisotopic (exact) mass is 294 g/mol. The Balaban J connectivity index is 1.48. The van der Waals surface area contributed by atoms with E-state index in [1.165, 1.54) is 18.5 Å². The van der Waals surface area contributed by atoms with Crippen LogP contribution < -0.4 is 4.90 Å². The van der Waals surface area contributed by atoms with Crippen LogP contribution >= 0.6 is 0 Å². The molecule has 0 radical (unpaired) electrons. The predicted molar refractivity (Wildman–Crippen MR) is 83.1 cm³/mol. The number of fused-ring (bicyclic) bond motifs is 1. The molecular formula is C16H18N6. The molecule has 3 aromatic heterocycles. The maximum absolute atomic E-state index is 4.71. The van der Waals surface area contributed by atoms with Crippen molar-refractivity contribution in [3.8, 4) is 0 Å². The zero-order valence-corrected chi connectivity index (χ0v) is 12.3. The summed E-state index contributed by atoms with van der Waals surface area (Å²) in [4.78, 5) is 6.99. The summed E-state index contributed by atoms with van der Waals surface area (Å²) in [5.74, 6) is 1.72. The average Bonchev–Trinajstić information content (AvgIpc) is 3.01. The minimum atomic E-state index is 0.433. The zero-order chi connectivity index (χ0) is 14.5. The maximum atomic E-state index is 4.71. The molecule has 6 nitrogen and oxygen atoms in total. The Morgan fingerprint density at radius 2 is 2.05 bits per heavy atom. The highest BCUT2D eigenvalue weighted by Crippen LogP contribution is 2.40. The summed E-state index contributed by atoms with van der Waals surface area (Å²) >= 11 is 0. The van der Waals surface area contributed by atoms with Crippen molar-refractivity contribution in [1.29, 1.82) is 0 Å². The van der Waals surface area contributed by atoms with Crippen LogP contribution in [0.1, 0.15) is 36.9 Å². The highest BCUT2D eigenvalue weighted by atomic mass is 15.3. The lowest BCUT2D eigenvalue weighted by Gasteiger charge is -2.18. The molecule has 2 fully saturated rings. The van der Waals surface area contributed by atoms with Gasteiger partial charge in [-0.25, -0.2) is 9.50 Å². The van der Waals surface area contributed by atoms with Crippen LogP contribution in [0.15, 0.2) is 36.9 Å². The van der Waals surface area contributed by atoms with Gasteiger partial charge in [-0.2, -0.15) is 10.2 Å². The molecule has 4 heterocycles. The summed E-state index contributed by atoms with van der Waals surface area (Å²) in [7, 11) is 0. The molecule has 1 saturated carbocycles. The number of nitrogens with zero attached hydrogens (tertiary/aromatic N) is 6. The SMILES string of the molecule is c1cnn(C2CCN(c3nccn4nc(C5CC5)cc34)C2)c1. The topological polar surface area (TPSA) is 51.2 Å². The number of anilines is 1. The first-order valence-electron chi connectivity index (χ1n) is 7.97. The van der Waals surface area contributed by atoms with Gasteiger partial charge >= 0.3 is 0 Å². The van der Waals surface area contributed by atoms with Gasteiger partial charge in [0.1, 0.15) is 5.52 Å². The minimum Gasteiger partial charge on any atom is -0.353 e. The summed E-state index contributed by atoms with van der Waals surface area (Å²) in [6.45, 7) is 1.97. The van der Waals surface area contributed by atoms with E-state index in [0.717, 1.165) is 30.8 Å². The Kier molecular flexibility index (Phi) is 2.53. The third-order valence-electron chi connectivity index (χ3n) is 4.75. The summed E-state index contributed by atoms with van der Waals surface area (Å²) in [6, 6.07) is 4.64. The van der Waals surface area contributed by atoms with Gasteiger partial charge in [-0.15, -0.1) is 0 Å². The normalized spacial score (nSPS) is 21.8. The Bertz CT molecular complexity index is 801. The quantitative estimate of drug-likeness (QED) is 0.743. The molecule has 0 aromatic carbocycles. The van der Waals surface area contributed by atoms with E-state index in [9.17, 15) is 0 Å². The van der Waals surface area contributed by atoms with Crippen molar-refractivity contribution in [2.45, 2.75) is 31.2 Å². The molecule has 1 saturated heterocycles. The average molecular weight is 294 g/mol. The van der Waals surface area contributed by atoms with Gasteiger partial charge in [0, 0.05) is 43.8 Å². The molecule has 3 aromatic rings. The molecule has 1 atom stereocenters. The van der Waals surface area contributed by atoms with Crippen LogP contribution in [0.25, 0.3) is 5.52 Å². The maximum Gasteiger partial charge on any atom is 0.154 e. The molecule has 112 valence electrons. The standard InChI is InChI=1S/C16H18N6/c1-5-18-21(7-1)13-4-8-20(11-13)16-15-10-14(12-2-3-12)19-22(15)9-6-17-16/h1,5-7,9-10,12-13H,2-4,8,11H2. The van der Waals surface area contributed by atoms with Crippen molar-refractivity contribution in [2.75, 3.05) is 18.0 Å². The van der Waals surface area contributed by atoms with Crippen molar-refractivity contribution < 1.29 is 0 Å². The third kappa shape index (κ3) is 1.90. The number of rotatable bonds is 3. The van der Waals surface area contributed by atoms with Gasteiger partial charge in [-0.1, -0.05) is 0 Å². The van der Waals surface area contributed by atoms with E-state index >= 15 is 0 Å². The van der Waals surface area contributed by atoms with Crippen LogP contribution in [-0.2, 0) is 0 Å². The molecule has 0 bridgehead atoms. The van der Waals surface area contributed by atoms with Gasteiger partial charge in [0.2, 0.25) is 0 Å². The van der Waals surface area contributed by atoms with E-state index in [2.05, 4.69) is 25.7 Å². The lowest BCUT2D eigenvalue weighted by Crippen LogP contribution is -2.22.